The summed E-state index contributed by atoms with van der Waals surface area (Å²) in [5.41, 5.74) is 4.03. The van der Waals surface area contributed by atoms with E-state index in [2.05, 4.69) is 49.4 Å². The SMILES string of the molecule is CC(C)c1cnnc(Nc2ccc3ncc(-c4cnn(C)c4)nc3n2)c1. The van der Waals surface area contributed by atoms with Crippen molar-refractivity contribution in [3.63, 3.8) is 0 Å². The third kappa shape index (κ3) is 3.21. The van der Waals surface area contributed by atoms with E-state index in [0.717, 1.165) is 22.3 Å². The number of anilines is 2. The highest BCUT2D eigenvalue weighted by molar-refractivity contribution is 5.75. The van der Waals surface area contributed by atoms with Crippen molar-refractivity contribution >= 4 is 22.8 Å². The number of pyridine rings is 1. The first-order valence-corrected chi connectivity index (χ1v) is 8.31. The second kappa shape index (κ2) is 6.47. The van der Waals surface area contributed by atoms with Crippen LogP contribution in [0.1, 0.15) is 25.3 Å². The monoisotopic (exact) mass is 346 g/mol. The molecule has 0 aromatic carbocycles. The molecule has 0 unspecified atom stereocenters. The first-order valence-electron chi connectivity index (χ1n) is 8.31. The van der Waals surface area contributed by atoms with Crippen molar-refractivity contribution in [1.82, 2.24) is 34.9 Å². The van der Waals surface area contributed by atoms with Gasteiger partial charge in [0, 0.05) is 18.8 Å². The third-order valence-electron chi connectivity index (χ3n) is 4.01. The minimum Gasteiger partial charge on any atom is -0.323 e. The molecular weight excluding hydrogens is 328 g/mol. The molecule has 0 amide bonds. The lowest BCUT2D eigenvalue weighted by Crippen LogP contribution is -2.01. The molecule has 0 bridgehead atoms. The highest BCUT2D eigenvalue weighted by Gasteiger charge is 2.08. The molecule has 8 heteroatoms. The van der Waals surface area contributed by atoms with E-state index in [4.69, 9.17) is 0 Å². The second-order valence-electron chi connectivity index (χ2n) is 6.35. The van der Waals surface area contributed by atoms with Gasteiger partial charge in [0.25, 0.3) is 0 Å². The minimum absolute atomic E-state index is 0.378. The van der Waals surface area contributed by atoms with Crippen molar-refractivity contribution in [2.24, 2.45) is 7.05 Å². The van der Waals surface area contributed by atoms with Gasteiger partial charge in [-0.3, -0.25) is 9.67 Å². The predicted molar refractivity (Wildman–Crippen MR) is 98.9 cm³/mol. The quantitative estimate of drug-likeness (QED) is 0.607. The van der Waals surface area contributed by atoms with Crippen LogP contribution in [0.4, 0.5) is 11.6 Å². The van der Waals surface area contributed by atoms with Crippen LogP contribution in [0, 0.1) is 0 Å². The van der Waals surface area contributed by atoms with E-state index >= 15 is 0 Å². The zero-order chi connectivity index (χ0) is 18.1. The molecule has 4 aromatic heterocycles. The van der Waals surface area contributed by atoms with Crippen LogP contribution in [-0.4, -0.2) is 34.9 Å². The summed E-state index contributed by atoms with van der Waals surface area (Å²) in [4.78, 5) is 13.6. The molecule has 4 heterocycles. The molecular formula is C18H18N8. The summed E-state index contributed by atoms with van der Waals surface area (Å²) in [5, 5.41) is 15.5. The molecule has 8 nitrogen and oxygen atoms in total. The molecule has 0 saturated carbocycles. The van der Waals surface area contributed by atoms with Crippen molar-refractivity contribution in [3.05, 3.63) is 48.5 Å². The Kier molecular flexibility index (Phi) is 4.00. The fourth-order valence-electron chi connectivity index (χ4n) is 2.55. The molecule has 4 aromatic rings. The van der Waals surface area contributed by atoms with Crippen LogP contribution < -0.4 is 5.32 Å². The lowest BCUT2D eigenvalue weighted by atomic mass is 10.1. The van der Waals surface area contributed by atoms with Gasteiger partial charge in [-0.05, 0) is 29.7 Å². The Morgan fingerprint density at radius 1 is 1.04 bits per heavy atom. The third-order valence-corrected chi connectivity index (χ3v) is 4.01. The fourth-order valence-corrected chi connectivity index (χ4v) is 2.55. The highest BCUT2D eigenvalue weighted by Crippen LogP contribution is 2.21. The van der Waals surface area contributed by atoms with Crippen molar-refractivity contribution in [2.45, 2.75) is 19.8 Å². The first kappa shape index (κ1) is 16.1. The van der Waals surface area contributed by atoms with E-state index in [1.807, 2.05) is 31.4 Å². The molecule has 0 saturated heterocycles. The second-order valence-corrected chi connectivity index (χ2v) is 6.35. The molecule has 0 spiro atoms. The summed E-state index contributed by atoms with van der Waals surface area (Å²) >= 11 is 0. The summed E-state index contributed by atoms with van der Waals surface area (Å²) in [6.07, 6.45) is 7.15. The molecule has 0 aliphatic heterocycles. The van der Waals surface area contributed by atoms with Gasteiger partial charge >= 0.3 is 0 Å². The molecule has 0 fully saturated rings. The standard InChI is InChI=1S/C18H18N8/c1-11(2)12-6-17(25-20-7-12)23-16-5-4-14-18(24-16)22-15(9-19-14)13-8-21-26(3)10-13/h4-11H,1-3H3,(H,22,23,24,25). The molecule has 0 aliphatic rings. The van der Waals surface area contributed by atoms with Crippen LogP contribution in [-0.2, 0) is 7.05 Å². The van der Waals surface area contributed by atoms with Gasteiger partial charge in [-0.2, -0.15) is 10.2 Å². The molecule has 4 rings (SSSR count). The van der Waals surface area contributed by atoms with Gasteiger partial charge in [0.15, 0.2) is 11.5 Å². The summed E-state index contributed by atoms with van der Waals surface area (Å²) in [6.45, 7) is 4.23. The smallest absolute Gasteiger partial charge is 0.180 e. The van der Waals surface area contributed by atoms with E-state index in [1.54, 1.807) is 23.3 Å². The van der Waals surface area contributed by atoms with Gasteiger partial charge in [0.1, 0.15) is 11.3 Å². The maximum Gasteiger partial charge on any atom is 0.180 e. The van der Waals surface area contributed by atoms with E-state index < -0.39 is 0 Å². The van der Waals surface area contributed by atoms with E-state index in [9.17, 15) is 0 Å². The maximum atomic E-state index is 4.60. The van der Waals surface area contributed by atoms with Gasteiger partial charge in [-0.15, -0.1) is 5.10 Å². The van der Waals surface area contributed by atoms with E-state index in [1.165, 1.54) is 0 Å². The van der Waals surface area contributed by atoms with Gasteiger partial charge in [0.05, 0.1) is 24.3 Å². The number of nitrogens with one attached hydrogen (secondary N) is 1. The predicted octanol–water partition coefficient (Wildman–Crippen LogP) is 3.08. The van der Waals surface area contributed by atoms with Crippen LogP contribution in [0.25, 0.3) is 22.4 Å². The van der Waals surface area contributed by atoms with Gasteiger partial charge in [-0.1, -0.05) is 13.8 Å². The first-order chi connectivity index (χ1) is 12.6. The molecule has 1 N–H and O–H groups in total. The van der Waals surface area contributed by atoms with E-state index in [0.29, 0.717) is 23.2 Å². The molecule has 26 heavy (non-hydrogen) atoms. The highest BCUT2D eigenvalue weighted by atomic mass is 15.2. The van der Waals surface area contributed by atoms with Crippen LogP contribution in [0.5, 0.6) is 0 Å². The Bertz CT molecular complexity index is 1070. The molecule has 0 radical (unpaired) electrons. The number of aryl methyl sites for hydroxylation is 1. The van der Waals surface area contributed by atoms with Crippen molar-refractivity contribution in [3.8, 4) is 11.3 Å². The average molecular weight is 346 g/mol. The van der Waals surface area contributed by atoms with Crippen LogP contribution in [0.2, 0.25) is 0 Å². The Morgan fingerprint density at radius 3 is 2.69 bits per heavy atom. The number of hydrogen-bond acceptors (Lipinski definition) is 7. The Balaban J connectivity index is 1.67. The normalized spacial score (nSPS) is 11.2. The van der Waals surface area contributed by atoms with Crippen LogP contribution in [0.15, 0.2) is 43.0 Å². The molecule has 0 aliphatic carbocycles. The van der Waals surface area contributed by atoms with E-state index in [-0.39, 0.29) is 0 Å². The summed E-state index contributed by atoms with van der Waals surface area (Å²) < 4.78 is 1.73. The van der Waals surface area contributed by atoms with Crippen molar-refractivity contribution < 1.29 is 0 Å². The lowest BCUT2D eigenvalue weighted by Gasteiger charge is -2.08. The van der Waals surface area contributed by atoms with Gasteiger partial charge < -0.3 is 5.32 Å². The molecule has 130 valence electrons. The number of nitrogens with zero attached hydrogens (tertiary/aromatic N) is 7. The summed E-state index contributed by atoms with van der Waals surface area (Å²) in [5.74, 6) is 1.67. The van der Waals surface area contributed by atoms with Crippen LogP contribution in [0.3, 0.4) is 0 Å². The number of aromatic nitrogens is 7. The zero-order valence-electron chi connectivity index (χ0n) is 14.7. The fraction of sp³-hybridized carbons (Fsp3) is 0.222. The maximum absolute atomic E-state index is 4.60. The van der Waals surface area contributed by atoms with Crippen LogP contribution >= 0.6 is 0 Å². The zero-order valence-corrected chi connectivity index (χ0v) is 14.7. The van der Waals surface area contributed by atoms with Gasteiger partial charge in [-0.25, -0.2) is 9.97 Å². The Morgan fingerprint density at radius 2 is 1.92 bits per heavy atom. The lowest BCUT2D eigenvalue weighted by molar-refractivity contribution is 0.768. The topological polar surface area (TPSA) is 94.3 Å². The Labute approximate surface area is 150 Å². The average Bonchev–Trinajstić information content (AvgIpc) is 3.08. The van der Waals surface area contributed by atoms with Crippen molar-refractivity contribution in [2.75, 3.05) is 5.32 Å². The summed E-state index contributed by atoms with van der Waals surface area (Å²) in [6, 6.07) is 5.70. The number of hydrogen-bond donors (Lipinski definition) is 1. The number of fused-ring (bicyclic) bond motifs is 1. The minimum atomic E-state index is 0.378. The number of rotatable bonds is 4. The Hall–Kier alpha value is -3.42. The van der Waals surface area contributed by atoms with Crippen molar-refractivity contribution in [1.29, 1.82) is 0 Å². The summed E-state index contributed by atoms with van der Waals surface area (Å²) in [7, 11) is 1.87. The largest absolute Gasteiger partial charge is 0.323 e. The van der Waals surface area contributed by atoms with Gasteiger partial charge in [0.2, 0.25) is 0 Å². The molecule has 0 atom stereocenters.